The second-order valence-corrected chi connectivity index (χ2v) is 1.91. The van der Waals surface area contributed by atoms with Crippen molar-refractivity contribution >= 4 is 0 Å². The van der Waals surface area contributed by atoms with Gasteiger partial charge in [-0.15, -0.1) is 0 Å². The van der Waals surface area contributed by atoms with Gasteiger partial charge in [-0.05, 0) is 12.1 Å². The lowest BCUT2D eigenvalue weighted by atomic mass is 10.3. The fourth-order valence-corrected chi connectivity index (χ4v) is 0.813. The summed E-state index contributed by atoms with van der Waals surface area (Å²) in [6.07, 6.45) is 0. The summed E-state index contributed by atoms with van der Waals surface area (Å²) in [7, 11) is 0. The van der Waals surface area contributed by atoms with Crippen molar-refractivity contribution in [2.75, 3.05) is 0 Å². The highest BCUT2D eigenvalue weighted by Gasteiger charge is 2.18. The van der Waals surface area contributed by atoms with E-state index in [-0.39, 0.29) is 0 Å². The summed E-state index contributed by atoms with van der Waals surface area (Å²) < 4.78 is 0. The number of rotatable bonds is 0. The van der Waals surface area contributed by atoms with Gasteiger partial charge in [0.25, 0.3) is 0 Å². The summed E-state index contributed by atoms with van der Waals surface area (Å²) in [4.78, 5) is 9.79. The smallest absolute Gasteiger partial charge is 0.197 e. The Kier molecular flexibility index (Phi) is 1.03. The van der Waals surface area contributed by atoms with Crippen LogP contribution in [0.25, 0.3) is 0 Å². The zero-order chi connectivity index (χ0) is 6.97. The van der Waals surface area contributed by atoms with Crippen LogP contribution in [0.4, 0.5) is 0 Å². The van der Waals surface area contributed by atoms with E-state index in [4.69, 9.17) is 15.5 Å². The zero-order valence-corrected chi connectivity index (χ0v) is 5.15. The SMILES string of the molecule is NN1Oc2ccccc2O1. The van der Waals surface area contributed by atoms with Crippen molar-refractivity contribution in [3.05, 3.63) is 24.3 Å². The van der Waals surface area contributed by atoms with E-state index in [0.29, 0.717) is 11.5 Å². The standard InChI is InChI=1S/C6H6N2O2/c7-8-9-5-3-1-2-4-6(5)10-8/h1-4H,7H2. The van der Waals surface area contributed by atoms with Crippen molar-refractivity contribution in [3.63, 3.8) is 0 Å². The Labute approximate surface area is 57.6 Å². The van der Waals surface area contributed by atoms with E-state index in [2.05, 4.69) is 0 Å². The molecule has 0 saturated heterocycles. The lowest BCUT2D eigenvalue weighted by molar-refractivity contribution is -0.229. The second kappa shape index (κ2) is 1.86. The van der Waals surface area contributed by atoms with Gasteiger partial charge >= 0.3 is 0 Å². The summed E-state index contributed by atoms with van der Waals surface area (Å²) in [6, 6.07) is 7.26. The van der Waals surface area contributed by atoms with Gasteiger partial charge in [-0.1, -0.05) is 12.1 Å². The summed E-state index contributed by atoms with van der Waals surface area (Å²) in [6.45, 7) is 0. The topological polar surface area (TPSA) is 47.7 Å². The third-order valence-electron chi connectivity index (χ3n) is 1.23. The lowest BCUT2D eigenvalue weighted by Gasteiger charge is -2.01. The Hall–Kier alpha value is -1.26. The van der Waals surface area contributed by atoms with Crippen LogP contribution < -0.4 is 15.5 Å². The van der Waals surface area contributed by atoms with Gasteiger partial charge in [0.05, 0.1) is 0 Å². The van der Waals surface area contributed by atoms with E-state index >= 15 is 0 Å². The molecule has 0 aromatic heterocycles. The molecular formula is C6H6N2O2. The van der Waals surface area contributed by atoms with E-state index in [1.54, 1.807) is 12.1 Å². The molecule has 0 unspecified atom stereocenters. The first-order chi connectivity index (χ1) is 4.86. The van der Waals surface area contributed by atoms with Crippen molar-refractivity contribution in [2.45, 2.75) is 0 Å². The Morgan fingerprint density at radius 2 is 1.60 bits per heavy atom. The fraction of sp³-hybridized carbons (Fsp3) is 0. The first-order valence-electron chi connectivity index (χ1n) is 2.86. The van der Waals surface area contributed by atoms with Crippen LogP contribution in [0.3, 0.4) is 0 Å². The molecule has 1 aliphatic rings. The van der Waals surface area contributed by atoms with Gasteiger partial charge in [0, 0.05) is 0 Å². The van der Waals surface area contributed by atoms with Crippen molar-refractivity contribution in [2.24, 2.45) is 5.84 Å². The normalized spacial score (nSPS) is 15.7. The maximum atomic E-state index is 5.17. The van der Waals surface area contributed by atoms with Crippen molar-refractivity contribution in [3.8, 4) is 11.5 Å². The minimum Gasteiger partial charge on any atom is -0.354 e. The Balaban J connectivity index is 2.42. The predicted octanol–water partition coefficient (Wildman–Crippen LogP) is 0.464. The highest BCUT2D eigenvalue weighted by atomic mass is 17.0. The second-order valence-electron chi connectivity index (χ2n) is 1.91. The van der Waals surface area contributed by atoms with Crippen LogP contribution in [-0.4, -0.2) is 5.34 Å². The Bertz CT molecular complexity index is 226. The molecule has 4 heteroatoms. The number of fused-ring (bicyclic) bond motifs is 1. The van der Waals surface area contributed by atoms with Gasteiger partial charge in [0.1, 0.15) is 5.34 Å². The minimum atomic E-state index is 0.644. The quantitative estimate of drug-likeness (QED) is 0.529. The van der Waals surface area contributed by atoms with Crippen LogP contribution >= 0.6 is 0 Å². The molecule has 0 fully saturated rings. The highest BCUT2D eigenvalue weighted by Crippen LogP contribution is 2.31. The van der Waals surface area contributed by atoms with Gasteiger partial charge in [-0.3, -0.25) is 0 Å². The van der Waals surface area contributed by atoms with Crippen molar-refractivity contribution < 1.29 is 9.68 Å². The molecule has 0 atom stereocenters. The maximum Gasteiger partial charge on any atom is 0.197 e. The molecule has 0 aliphatic carbocycles. The highest BCUT2D eigenvalue weighted by molar-refractivity contribution is 5.40. The molecule has 4 nitrogen and oxygen atoms in total. The number of nitrogens with two attached hydrogens (primary N) is 1. The fourth-order valence-electron chi connectivity index (χ4n) is 0.813. The zero-order valence-electron chi connectivity index (χ0n) is 5.15. The van der Waals surface area contributed by atoms with Gasteiger partial charge < -0.3 is 9.68 Å². The van der Waals surface area contributed by atoms with Gasteiger partial charge in [-0.25, -0.2) is 0 Å². The van der Waals surface area contributed by atoms with Crippen LogP contribution in [0, 0.1) is 0 Å². The summed E-state index contributed by atoms with van der Waals surface area (Å²) in [5.74, 6) is 6.46. The molecule has 1 heterocycles. The molecular weight excluding hydrogens is 132 g/mol. The lowest BCUT2D eigenvalue weighted by Crippen LogP contribution is -2.32. The van der Waals surface area contributed by atoms with E-state index in [1.165, 1.54) is 0 Å². The van der Waals surface area contributed by atoms with Crippen molar-refractivity contribution in [1.82, 2.24) is 5.34 Å². The third-order valence-corrected chi connectivity index (χ3v) is 1.23. The number of benzene rings is 1. The molecule has 0 spiro atoms. The Morgan fingerprint density at radius 1 is 1.10 bits per heavy atom. The predicted molar refractivity (Wildman–Crippen MR) is 33.7 cm³/mol. The van der Waals surface area contributed by atoms with Crippen molar-refractivity contribution in [1.29, 1.82) is 0 Å². The van der Waals surface area contributed by atoms with Crippen LogP contribution in [-0.2, 0) is 0 Å². The summed E-state index contributed by atoms with van der Waals surface area (Å²) >= 11 is 0. The molecule has 0 amide bonds. The van der Waals surface area contributed by atoms with Crippen LogP contribution in [0.1, 0.15) is 0 Å². The maximum absolute atomic E-state index is 5.17. The number of nitrogens with zero attached hydrogens (tertiary/aromatic N) is 1. The van der Waals surface area contributed by atoms with E-state index in [0.717, 1.165) is 5.34 Å². The molecule has 1 aliphatic heterocycles. The molecule has 2 rings (SSSR count). The summed E-state index contributed by atoms with van der Waals surface area (Å²) in [5.41, 5.74) is 0. The first-order valence-corrected chi connectivity index (χ1v) is 2.86. The van der Waals surface area contributed by atoms with Gasteiger partial charge in [0.2, 0.25) is 0 Å². The van der Waals surface area contributed by atoms with E-state index < -0.39 is 0 Å². The third kappa shape index (κ3) is 0.706. The molecule has 0 radical (unpaired) electrons. The number of hydrogen-bond acceptors (Lipinski definition) is 4. The van der Waals surface area contributed by atoms with E-state index in [9.17, 15) is 0 Å². The minimum absolute atomic E-state index is 0.644. The monoisotopic (exact) mass is 138 g/mol. The van der Waals surface area contributed by atoms with Crippen LogP contribution in [0.2, 0.25) is 0 Å². The molecule has 52 valence electrons. The molecule has 0 bridgehead atoms. The molecule has 10 heavy (non-hydrogen) atoms. The molecule has 2 N–H and O–H groups in total. The molecule has 1 aromatic carbocycles. The van der Waals surface area contributed by atoms with Crippen LogP contribution in [0.5, 0.6) is 11.5 Å². The molecule has 1 aromatic rings. The molecule has 0 saturated carbocycles. The average Bonchev–Trinajstić information content (AvgIpc) is 2.27. The number of hydrogen-bond donors (Lipinski definition) is 1. The number of hydrazine groups is 1. The first kappa shape index (κ1) is 5.52. The van der Waals surface area contributed by atoms with Crippen LogP contribution in [0.15, 0.2) is 24.3 Å². The number of para-hydroxylation sites is 2. The van der Waals surface area contributed by atoms with Gasteiger partial charge in [0.15, 0.2) is 11.5 Å². The summed E-state index contributed by atoms with van der Waals surface area (Å²) in [5, 5.41) is 0.824. The van der Waals surface area contributed by atoms with E-state index in [1.807, 2.05) is 12.1 Å². The largest absolute Gasteiger partial charge is 0.354 e. The Morgan fingerprint density at radius 3 is 2.10 bits per heavy atom. The average molecular weight is 138 g/mol. The van der Waals surface area contributed by atoms with Gasteiger partial charge in [-0.2, -0.15) is 5.84 Å².